The molecule has 3 rings (SSSR count). The monoisotopic (exact) mass is 409 g/mol. The molecule has 0 aliphatic carbocycles. The zero-order valence-corrected chi connectivity index (χ0v) is 17.2. The van der Waals surface area contributed by atoms with Crippen LogP contribution in [0.1, 0.15) is 40.6 Å². The molecule has 0 saturated heterocycles. The molecule has 6 heteroatoms. The number of carbonyl (C=O) groups is 2. The van der Waals surface area contributed by atoms with Crippen LogP contribution in [0.15, 0.2) is 66.7 Å². The lowest BCUT2D eigenvalue weighted by atomic mass is 9.99. The van der Waals surface area contributed by atoms with E-state index in [9.17, 15) is 9.59 Å². The Bertz CT molecular complexity index is 954. The Kier molecular flexibility index (Phi) is 7.03. The zero-order chi connectivity index (χ0) is 20.6. The molecule has 0 fully saturated rings. The molecule has 150 valence electrons. The van der Waals surface area contributed by atoms with Gasteiger partial charge >= 0.3 is 5.97 Å². The van der Waals surface area contributed by atoms with Crippen molar-refractivity contribution < 1.29 is 19.1 Å². The summed E-state index contributed by atoms with van der Waals surface area (Å²) in [6.07, 6.45) is 0. The van der Waals surface area contributed by atoms with Crippen molar-refractivity contribution in [1.82, 2.24) is 0 Å². The molecule has 0 bridgehead atoms. The fourth-order valence-corrected chi connectivity index (χ4v) is 3.95. The molecule has 0 aliphatic rings. The Morgan fingerprint density at radius 2 is 1.69 bits per heavy atom. The normalized spacial score (nSPS) is 11.5. The highest BCUT2D eigenvalue weighted by atomic mass is 32.1. The van der Waals surface area contributed by atoms with Gasteiger partial charge in [-0.05, 0) is 30.7 Å². The van der Waals surface area contributed by atoms with E-state index in [-0.39, 0.29) is 25.0 Å². The summed E-state index contributed by atoms with van der Waals surface area (Å²) in [5, 5.41) is 3.28. The Hall–Kier alpha value is -3.12. The first-order valence-corrected chi connectivity index (χ1v) is 10.2. The molecular weight excluding hydrogens is 386 g/mol. The van der Waals surface area contributed by atoms with Gasteiger partial charge in [-0.3, -0.25) is 4.79 Å². The quantitative estimate of drug-likeness (QED) is 0.526. The number of para-hydroxylation sites is 1. The molecule has 0 aliphatic heterocycles. The predicted octanol–water partition coefficient (Wildman–Crippen LogP) is 5.09. The summed E-state index contributed by atoms with van der Waals surface area (Å²) in [6.45, 7) is 3.94. The highest BCUT2D eigenvalue weighted by Gasteiger charge is 2.22. The molecule has 1 heterocycles. The molecule has 0 unspecified atom stereocenters. The molecule has 1 aromatic heterocycles. The number of benzene rings is 2. The van der Waals surface area contributed by atoms with E-state index in [1.807, 2.05) is 48.5 Å². The van der Waals surface area contributed by atoms with Gasteiger partial charge in [-0.2, -0.15) is 0 Å². The van der Waals surface area contributed by atoms with Crippen LogP contribution in [0.3, 0.4) is 0 Å². The maximum atomic E-state index is 12.4. The Morgan fingerprint density at radius 1 is 1.03 bits per heavy atom. The third kappa shape index (κ3) is 5.45. The maximum absolute atomic E-state index is 12.4. The summed E-state index contributed by atoms with van der Waals surface area (Å²) in [7, 11) is 0. The molecule has 0 spiro atoms. The lowest BCUT2D eigenvalue weighted by molar-refractivity contribution is -0.118. The second-order valence-corrected chi connectivity index (χ2v) is 7.48. The van der Waals surface area contributed by atoms with E-state index in [0.29, 0.717) is 16.3 Å². The van der Waals surface area contributed by atoms with Gasteiger partial charge in [0, 0.05) is 10.8 Å². The summed E-state index contributed by atoms with van der Waals surface area (Å²) in [5.41, 5.74) is 1.50. The second-order valence-electron chi connectivity index (χ2n) is 6.39. The summed E-state index contributed by atoms with van der Waals surface area (Å²) in [5.74, 6) is -0.0897. The lowest BCUT2D eigenvalue weighted by Gasteiger charge is -2.09. The average Bonchev–Trinajstić information content (AvgIpc) is 3.17. The third-order valence-corrected chi connectivity index (χ3v) is 5.57. The van der Waals surface area contributed by atoms with E-state index in [0.717, 1.165) is 10.4 Å². The fraction of sp³-hybridized carbons (Fsp3) is 0.217. The van der Waals surface area contributed by atoms with E-state index in [4.69, 9.17) is 9.47 Å². The number of nitrogens with one attached hydrogen (secondary N) is 1. The van der Waals surface area contributed by atoms with Crippen molar-refractivity contribution in [3.63, 3.8) is 0 Å². The van der Waals surface area contributed by atoms with Crippen LogP contribution in [0, 0.1) is 0 Å². The van der Waals surface area contributed by atoms with Crippen LogP contribution in [0.25, 0.3) is 0 Å². The van der Waals surface area contributed by atoms with Crippen LogP contribution < -0.4 is 10.1 Å². The molecule has 2 aromatic carbocycles. The number of anilines is 1. The predicted molar refractivity (Wildman–Crippen MR) is 115 cm³/mol. The summed E-state index contributed by atoms with van der Waals surface area (Å²) < 4.78 is 10.7. The topological polar surface area (TPSA) is 64.6 Å². The number of amides is 1. The standard InChI is InChI=1S/C23H23NO4S/c1-3-27-23(26)19-14-20(16(2)17-10-6-4-7-11-17)29-22(19)24-21(25)15-28-18-12-8-5-9-13-18/h4-14,16H,3,15H2,1-2H3,(H,24,25)/t16-/m0/s1. The zero-order valence-electron chi connectivity index (χ0n) is 16.4. The highest BCUT2D eigenvalue weighted by molar-refractivity contribution is 7.16. The SMILES string of the molecule is CCOC(=O)c1cc([C@@H](C)c2ccccc2)sc1NC(=O)COc1ccccc1. The van der Waals surface area contributed by atoms with Crippen LogP contribution in [-0.2, 0) is 9.53 Å². The number of hydrogen-bond acceptors (Lipinski definition) is 5. The highest BCUT2D eigenvalue weighted by Crippen LogP contribution is 2.36. The minimum atomic E-state index is -0.450. The van der Waals surface area contributed by atoms with Gasteiger partial charge in [-0.15, -0.1) is 11.3 Å². The van der Waals surface area contributed by atoms with Crippen LogP contribution >= 0.6 is 11.3 Å². The number of thiophene rings is 1. The second kappa shape index (κ2) is 9.89. The molecule has 1 atom stereocenters. The van der Waals surface area contributed by atoms with Crippen molar-refractivity contribution in [2.75, 3.05) is 18.5 Å². The average molecular weight is 410 g/mol. The first-order chi connectivity index (χ1) is 14.1. The smallest absolute Gasteiger partial charge is 0.341 e. The molecule has 5 nitrogen and oxygen atoms in total. The minimum absolute atomic E-state index is 0.0839. The fourth-order valence-electron chi connectivity index (χ4n) is 2.81. The number of hydrogen-bond donors (Lipinski definition) is 1. The number of esters is 1. The van der Waals surface area contributed by atoms with E-state index >= 15 is 0 Å². The van der Waals surface area contributed by atoms with E-state index < -0.39 is 5.97 Å². The molecule has 0 radical (unpaired) electrons. The van der Waals surface area contributed by atoms with Gasteiger partial charge in [-0.1, -0.05) is 55.5 Å². The number of rotatable bonds is 8. The molecule has 0 saturated carbocycles. The van der Waals surface area contributed by atoms with Gasteiger partial charge in [0.25, 0.3) is 5.91 Å². The first kappa shape index (κ1) is 20.6. The van der Waals surface area contributed by atoms with Crippen LogP contribution in [0.5, 0.6) is 5.75 Å². The molecule has 1 amide bonds. The largest absolute Gasteiger partial charge is 0.484 e. The molecule has 29 heavy (non-hydrogen) atoms. The van der Waals surface area contributed by atoms with Crippen molar-refractivity contribution in [2.45, 2.75) is 19.8 Å². The number of carbonyl (C=O) groups excluding carboxylic acids is 2. The van der Waals surface area contributed by atoms with Gasteiger partial charge in [0.15, 0.2) is 6.61 Å². The van der Waals surface area contributed by atoms with Crippen LogP contribution in [-0.4, -0.2) is 25.1 Å². The van der Waals surface area contributed by atoms with Gasteiger partial charge in [-0.25, -0.2) is 4.79 Å². The Labute approximate surface area is 174 Å². The van der Waals surface area contributed by atoms with Crippen molar-refractivity contribution in [3.8, 4) is 5.75 Å². The number of ether oxygens (including phenoxy) is 2. The minimum Gasteiger partial charge on any atom is -0.484 e. The summed E-state index contributed by atoms with van der Waals surface area (Å²) >= 11 is 1.38. The van der Waals surface area contributed by atoms with Crippen molar-refractivity contribution in [3.05, 3.63) is 82.7 Å². The van der Waals surface area contributed by atoms with E-state index in [1.54, 1.807) is 25.1 Å². The maximum Gasteiger partial charge on any atom is 0.341 e. The van der Waals surface area contributed by atoms with Gasteiger partial charge in [0.2, 0.25) is 0 Å². The van der Waals surface area contributed by atoms with E-state index in [1.165, 1.54) is 11.3 Å². The molecule has 3 aromatic rings. The Balaban J connectivity index is 1.77. The lowest BCUT2D eigenvalue weighted by Crippen LogP contribution is -2.21. The van der Waals surface area contributed by atoms with Crippen molar-refractivity contribution in [1.29, 1.82) is 0 Å². The Morgan fingerprint density at radius 3 is 2.34 bits per heavy atom. The summed E-state index contributed by atoms with van der Waals surface area (Å²) in [6, 6.07) is 20.9. The molecule has 1 N–H and O–H groups in total. The summed E-state index contributed by atoms with van der Waals surface area (Å²) in [4.78, 5) is 25.8. The third-order valence-electron chi connectivity index (χ3n) is 4.34. The molecular formula is C23H23NO4S. The first-order valence-electron chi connectivity index (χ1n) is 9.42. The van der Waals surface area contributed by atoms with Gasteiger partial charge < -0.3 is 14.8 Å². The van der Waals surface area contributed by atoms with Crippen molar-refractivity contribution >= 4 is 28.2 Å². The van der Waals surface area contributed by atoms with Crippen LogP contribution in [0.2, 0.25) is 0 Å². The van der Waals surface area contributed by atoms with Gasteiger partial charge in [0.05, 0.1) is 12.2 Å². The van der Waals surface area contributed by atoms with Crippen molar-refractivity contribution in [2.24, 2.45) is 0 Å². The van der Waals surface area contributed by atoms with Crippen LogP contribution in [0.4, 0.5) is 5.00 Å². The van der Waals surface area contributed by atoms with Gasteiger partial charge in [0.1, 0.15) is 10.8 Å². The van der Waals surface area contributed by atoms with E-state index in [2.05, 4.69) is 12.2 Å².